The van der Waals surface area contributed by atoms with Crippen LogP contribution in [-0.2, 0) is 4.79 Å². The molecule has 5 unspecified atom stereocenters. The molecule has 21 heavy (non-hydrogen) atoms. The van der Waals surface area contributed by atoms with Crippen LogP contribution < -0.4 is 5.32 Å². The standard InChI is InChI=1S/C18H34N2O/c1-6-7-8-16-18(21)20(17(19-16)12(2)3)15-10-9-13(4)14(5)11-15/h12-17,19H,6-11H2,1-5H3. The number of hydrogen-bond donors (Lipinski definition) is 1. The van der Waals surface area contributed by atoms with E-state index in [4.69, 9.17) is 0 Å². The SMILES string of the molecule is CCCCC1NC(C(C)C)N(C2CCC(C)C(C)C2)C1=O. The van der Waals surface area contributed by atoms with Crippen LogP contribution in [0, 0.1) is 17.8 Å². The number of unbranched alkanes of at least 4 members (excludes halogenated alkanes) is 1. The molecular formula is C18H34N2O. The van der Waals surface area contributed by atoms with E-state index in [0.29, 0.717) is 17.9 Å². The van der Waals surface area contributed by atoms with Crippen LogP contribution in [0.2, 0.25) is 0 Å². The molecule has 2 rings (SSSR count). The Hall–Kier alpha value is -0.570. The zero-order valence-corrected chi connectivity index (χ0v) is 14.6. The number of carbonyl (C=O) groups excluding carboxylic acids is 1. The van der Waals surface area contributed by atoms with Crippen molar-refractivity contribution in [1.82, 2.24) is 10.2 Å². The van der Waals surface area contributed by atoms with Gasteiger partial charge in [-0.05, 0) is 43.4 Å². The van der Waals surface area contributed by atoms with Gasteiger partial charge in [-0.25, -0.2) is 0 Å². The number of nitrogens with one attached hydrogen (secondary N) is 1. The second-order valence-electron chi connectivity index (χ2n) is 7.72. The average Bonchev–Trinajstić information content (AvgIpc) is 2.77. The molecular weight excluding hydrogens is 260 g/mol. The minimum absolute atomic E-state index is 0.0620. The fourth-order valence-corrected chi connectivity index (χ4v) is 3.98. The van der Waals surface area contributed by atoms with Crippen molar-refractivity contribution in [3.05, 3.63) is 0 Å². The Morgan fingerprint density at radius 2 is 1.95 bits per heavy atom. The maximum atomic E-state index is 12.9. The van der Waals surface area contributed by atoms with Crippen LogP contribution in [0.4, 0.5) is 0 Å². The zero-order chi connectivity index (χ0) is 15.6. The molecule has 0 aromatic heterocycles. The van der Waals surface area contributed by atoms with Gasteiger partial charge in [0.05, 0.1) is 12.2 Å². The lowest BCUT2D eigenvalue weighted by atomic mass is 9.78. The molecule has 0 aromatic rings. The van der Waals surface area contributed by atoms with Crippen molar-refractivity contribution in [1.29, 1.82) is 0 Å². The van der Waals surface area contributed by atoms with E-state index in [-0.39, 0.29) is 12.2 Å². The van der Waals surface area contributed by atoms with E-state index in [0.717, 1.165) is 31.1 Å². The van der Waals surface area contributed by atoms with Gasteiger partial charge in [0.15, 0.2) is 0 Å². The molecule has 1 heterocycles. The maximum Gasteiger partial charge on any atom is 0.241 e. The van der Waals surface area contributed by atoms with E-state index >= 15 is 0 Å². The minimum Gasteiger partial charge on any atom is -0.323 e. The summed E-state index contributed by atoms with van der Waals surface area (Å²) in [6.07, 6.45) is 7.16. The lowest BCUT2D eigenvalue weighted by molar-refractivity contribution is -0.134. The van der Waals surface area contributed by atoms with Gasteiger partial charge in [0.25, 0.3) is 0 Å². The summed E-state index contributed by atoms with van der Waals surface area (Å²) in [6.45, 7) is 11.4. The second kappa shape index (κ2) is 7.13. The van der Waals surface area contributed by atoms with Crippen LogP contribution in [0.15, 0.2) is 0 Å². The van der Waals surface area contributed by atoms with E-state index in [1.165, 1.54) is 19.3 Å². The zero-order valence-electron chi connectivity index (χ0n) is 14.6. The first-order valence-corrected chi connectivity index (χ1v) is 9.03. The van der Waals surface area contributed by atoms with Crippen LogP contribution in [0.25, 0.3) is 0 Å². The highest BCUT2D eigenvalue weighted by Gasteiger charge is 2.44. The highest BCUT2D eigenvalue weighted by atomic mass is 16.2. The van der Waals surface area contributed by atoms with Crippen molar-refractivity contribution >= 4 is 5.91 Å². The molecule has 1 amide bonds. The van der Waals surface area contributed by atoms with Crippen molar-refractivity contribution in [2.75, 3.05) is 0 Å². The molecule has 1 saturated heterocycles. The molecule has 3 heteroatoms. The largest absolute Gasteiger partial charge is 0.323 e. The van der Waals surface area contributed by atoms with Gasteiger partial charge >= 0.3 is 0 Å². The molecule has 2 fully saturated rings. The Labute approximate surface area is 130 Å². The number of amides is 1. The number of nitrogens with zero attached hydrogens (tertiary/aromatic N) is 1. The predicted molar refractivity (Wildman–Crippen MR) is 87.9 cm³/mol. The Morgan fingerprint density at radius 1 is 1.24 bits per heavy atom. The molecule has 0 aromatic carbocycles. The summed E-state index contributed by atoms with van der Waals surface area (Å²) < 4.78 is 0. The van der Waals surface area contributed by atoms with E-state index in [2.05, 4.69) is 44.8 Å². The average molecular weight is 294 g/mol. The van der Waals surface area contributed by atoms with Crippen molar-refractivity contribution in [3.8, 4) is 0 Å². The van der Waals surface area contributed by atoms with Gasteiger partial charge in [-0.2, -0.15) is 0 Å². The Bertz CT molecular complexity index is 355. The van der Waals surface area contributed by atoms with Gasteiger partial charge in [-0.3, -0.25) is 10.1 Å². The van der Waals surface area contributed by atoms with Crippen LogP contribution in [0.3, 0.4) is 0 Å². The Morgan fingerprint density at radius 3 is 2.52 bits per heavy atom. The van der Waals surface area contributed by atoms with Crippen molar-refractivity contribution in [3.63, 3.8) is 0 Å². The molecule has 1 aliphatic carbocycles. The molecule has 122 valence electrons. The molecule has 0 spiro atoms. The number of carbonyl (C=O) groups is 1. The summed E-state index contributed by atoms with van der Waals surface area (Å²) in [7, 11) is 0. The second-order valence-corrected chi connectivity index (χ2v) is 7.72. The molecule has 0 bridgehead atoms. The summed E-state index contributed by atoms with van der Waals surface area (Å²) in [6, 6.07) is 0.516. The monoisotopic (exact) mass is 294 g/mol. The van der Waals surface area contributed by atoms with Crippen molar-refractivity contribution < 1.29 is 4.79 Å². The molecule has 2 aliphatic rings. The lowest BCUT2D eigenvalue weighted by Gasteiger charge is -2.41. The minimum atomic E-state index is 0.0620. The molecule has 5 atom stereocenters. The summed E-state index contributed by atoms with van der Waals surface area (Å²) in [5.41, 5.74) is 0. The summed E-state index contributed by atoms with van der Waals surface area (Å²) in [4.78, 5) is 15.1. The van der Waals surface area contributed by atoms with E-state index < -0.39 is 0 Å². The van der Waals surface area contributed by atoms with Gasteiger partial charge < -0.3 is 4.90 Å². The van der Waals surface area contributed by atoms with E-state index in [9.17, 15) is 4.79 Å². The smallest absolute Gasteiger partial charge is 0.241 e. The normalized spacial score (nSPS) is 37.5. The first kappa shape index (κ1) is 16.8. The topological polar surface area (TPSA) is 32.3 Å². The van der Waals surface area contributed by atoms with Crippen LogP contribution in [-0.4, -0.2) is 29.1 Å². The highest BCUT2D eigenvalue weighted by molar-refractivity contribution is 5.84. The van der Waals surface area contributed by atoms with Gasteiger partial charge in [0.2, 0.25) is 5.91 Å². The third kappa shape index (κ3) is 3.61. The molecule has 1 aliphatic heterocycles. The van der Waals surface area contributed by atoms with Gasteiger partial charge in [-0.15, -0.1) is 0 Å². The number of rotatable bonds is 5. The van der Waals surface area contributed by atoms with Crippen molar-refractivity contribution in [2.45, 2.75) is 91.4 Å². The highest BCUT2D eigenvalue weighted by Crippen LogP contribution is 2.35. The fourth-order valence-electron chi connectivity index (χ4n) is 3.98. The molecule has 3 nitrogen and oxygen atoms in total. The lowest BCUT2D eigenvalue weighted by Crippen LogP contribution is -2.49. The van der Waals surface area contributed by atoms with E-state index in [1.807, 2.05) is 0 Å². The first-order valence-electron chi connectivity index (χ1n) is 9.03. The van der Waals surface area contributed by atoms with Crippen LogP contribution in [0.1, 0.15) is 73.1 Å². The first-order chi connectivity index (χ1) is 9.95. The van der Waals surface area contributed by atoms with E-state index in [1.54, 1.807) is 0 Å². The van der Waals surface area contributed by atoms with Gasteiger partial charge in [0, 0.05) is 6.04 Å². The Balaban J connectivity index is 2.09. The third-order valence-electron chi connectivity index (χ3n) is 5.67. The molecule has 0 radical (unpaired) electrons. The van der Waals surface area contributed by atoms with Crippen molar-refractivity contribution in [2.24, 2.45) is 17.8 Å². The predicted octanol–water partition coefficient (Wildman–Crippen LogP) is 3.78. The fraction of sp³-hybridized carbons (Fsp3) is 0.944. The van der Waals surface area contributed by atoms with Gasteiger partial charge in [0.1, 0.15) is 0 Å². The molecule has 1 N–H and O–H groups in total. The quantitative estimate of drug-likeness (QED) is 0.837. The number of hydrogen-bond acceptors (Lipinski definition) is 2. The Kier molecular flexibility index (Phi) is 5.70. The van der Waals surface area contributed by atoms with Gasteiger partial charge in [-0.1, -0.05) is 47.5 Å². The van der Waals surface area contributed by atoms with Crippen LogP contribution >= 0.6 is 0 Å². The summed E-state index contributed by atoms with van der Waals surface area (Å²) >= 11 is 0. The summed E-state index contributed by atoms with van der Waals surface area (Å²) in [5, 5.41) is 3.62. The van der Waals surface area contributed by atoms with Crippen LogP contribution in [0.5, 0.6) is 0 Å². The summed E-state index contributed by atoms with van der Waals surface area (Å²) in [5.74, 6) is 2.39. The maximum absolute atomic E-state index is 12.9. The third-order valence-corrected chi connectivity index (χ3v) is 5.67. The molecule has 1 saturated carbocycles.